The van der Waals surface area contributed by atoms with E-state index in [0.29, 0.717) is 5.69 Å². The molecule has 0 spiro atoms. The summed E-state index contributed by atoms with van der Waals surface area (Å²) in [7, 11) is 1.23. The highest BCUT2D eigenvalue weighted by Gasteiger charge is 2.45. The van der Waals surface area contributed by atoms with E-state index in [9.17, 15) is 14.7 Å². The number of benzene rings is 2. The van der Waals surface area contributed by atoms with E-state index in [0.717, 1.165) is 45.2 Å². The van der Waals surface area contributed by atoms with Gasteiger partial charge in [-0.15, -0.1) is 10.2 Å². The number of ether oxygens (including phenoxy) is 1. The fraction of sp³-hybridized carbons (Fsp3) is 0.269. The van der Waals surface area contributed by atoms with Gasteiger partial charge in [0.1, 0.15) is 0 Å². The Balaban J connectivity index is 1.66. The van der Waals surface area contributed by atoms with Crippen molar-refractivity contribution in [3.63, 3.8) is 0 Å². The second-order valence-electron chi connectivity index (χ2n) is 9.58. The van der Waals surface area contributed by atoms with Crippen LogP contribution in [-0.2, 0) is 25.3 Å². The number of amidine groups is 1. The molecule has 2 aliphatic heterocycles. The SMILES string of the molecule is COC(=O)C=C1SC(N=Nc2c(O)n3c4c(cc(Br)cc24)C(C)(c2ccccc2)CC3(C)C)=NC1=O. The zero-order valence-corrected chi connectivity index (χ0v) is 22.5. The lowest BCUT2D eigenvalue weighted by molar-refractivity contribution is -0.135. The van der Waals surface area contributed by atoms with E-state index >= 15 is 0 Å². The van der Waals surface area contributed by atoms with Gasteiger partial charge in [0.15, 0.2) is 5.69 Å². The molecule has 1 N–H and O–H groups in total. The molecule has 36 heavy (non-hydrogen) atoms. The molecule has 10 heteroatoms. The standard InChI is InChI=1S/C26H23BrN4O4S/c1-25(2)13-26(3,14-8-6-5-7-9-14)17-11-15(27)10-16-20(23(34)31(25)21(16)17)29-30-24-28-22(33)18(36-24)12-19(32)35-4/h5-12,34H,13H2,1-4H3. The Bertz CT molecular complexity index is 1520. The monoisotopic (exact) mass is 566 g/mol. The zero-order chi connectivity index (χ0) is 25.8. The number of thioether (sulfide) groups is 1. The highest BCUT2D eigenvalue weighted by atomic mass is 79.9. The fourth-order valence-electron chi connectivity index (χ4n) is 5.26. The Morgan fingerprint density at radius 2 is 1.94 bits per heavy atom. The number of aromatic nitrogens is 1. The summed E-state index contributed by atoms with van der Waals surface area (Å²) >= 11 is 4.57. The smallest absolute Gasteiger partial charge is 0.331 e. The first-order chi connectivity index (χ1) is 17.0. The number of halogens is 1. The van der Waals surface area contributed by atoms with Crippen LogP contribution in [0.4, 0.5) is 5.69 Å². The Labute approximate surface area is 220 Å². The van der Waals surface area contributed by atoms with Gasteiger partial charge in [0.25, 0.3) is 5.91 Å². The van der Waals surface area contributed by atoms with Crippen LogP contribution in [0.1, 0.15) is 38.3 Å². The molecule has 1 amide bonds. The third kappa shape index (κ3) is 3.88. The van der Waals surface area contributed by atoms with E-state index in [1.165, 1.54) is 12.7 Å². The molecule has 8 nitrogen and oxygen atoms in total. The Hall–Kier alpha value is -3.24. The molecule has 1 aromatic heterocycles. The van der Waals surface area contributed by atoms with E-state index in [2.05, 4.69) is 74.9 Å². The highest BCUT2D eigenvalue weighted by molar-refractivity contribution is 9.10. The van der Waals surface area contributed by atoms with Crippen LogP contribution in [0.5, 0.6) is 5.88 Å². The molecule has 2 aliphatic rings. The van der Waals surface area contributed by atoms with Crippen molar-refractivity contribution in [2.45, 2.75) is 38.1 Å². The van der Waals surface area contributed by atoms with Crippen molar-refractivity contribution >= 4 is 61.3 Å². The van der Waals surface area contributed by atoms with Gasteiger partial charge < -0.3 is 14.4 Å². The average molecular weight is 567 g/mol. The van der Waals surface area contributed by atoms with Crippen LogP contribution in [0.2, 0.25) is 0 Å². The fourth-order valence-corrected chi connectivity index (χ4v) is 6.42. The number of rotatable bonds is 3. The largest absolute Gasteiger partial charge is 0.493 e. The predicted molar refractivity (Wildman–Crippen MR) is 143 cm³/mol. The summed E-state index contributed by atoms with van der Waals surface area (Å²) in [4.78, 5) is 27.6. The number of hydrogen-bond acceptors (Lipinski definition) is 7. The van der Waals surface area contributed by atoms with Crippen molar-refractivity contribution < 1.29 is 19.4 Å². The van der Waals surface area contributed by atoms with Gasteiger partial charge in [0.05, 0.1) is 17.5 Å². The number of methoxy groups -OCH3 is 1. The van der Waals surface area contributed by atoms with Crippen molar-refractivity contribution in [2.75, 3.05) is 7.11 Å². The van der Waals surface area contributed by atoms with Crippen molar-refractivity contribution in [2.24, 2.45) is 15.2 Å². The summed E-state index contributed by atoms with van der Waals surface area (Å²) in [6.07, 6.45) is 1.82. The second-order valence-corrected chi connectivity index (χ2v) is 11.5. The van der Waals surface area contributed by atoms with Crippen molar-refractivity contribution in [3.8, 4) is 5.88 Å². The summed E-state index contributed by atoms with van der Waals surface area (Å²) in [5.41, 5.74) is 2.68. The van der Waals surface area contributed by atoms with Gasteiger partial charge in [-0.2, -0.15) is 4.99 Å². The molecule has 0 aliphatic carbocycles. The molecule has 5 rings (SSSR count). The summed E-state index contributed by atoms with van der Waals surface area (Å²) in [5, 5.41) is 20.7. The maximum atomic E-state index is 12.1. The number of azo groups is 1. The van der Waals surface area contributed by atoms with Crippen molar-refractivity contribution in [3.05, 3.63) is 69.0 Å². The van der Waals surface area contributed by atoms with Gasteiger partial charge in [0, 0.05) is 26.9 Å². The number of amides is 1. The van der Waals surface area contributed by atoms with Gasteiger partial charge in [-0.05, 0) is 55.3 Å². The van der Waals surface area contributed by atoms with Crippen LogP contribution in [-0.4, -0.2) is 33.8 Å². The van der Waals surface area contributed by atoms with E-state index in [1.807, 2.05) is 28.8 Å². The third-order valence-corrected chi connectivity index (χ3v) is 7.99. The number of aliphatic imine (C=N–C) groups is 1. The first kappa shape index (κ1) is 24.5. The van der Waals surface area contributed by atoms with Crippen LogP contribution in [0.3, 0.4) is 0 Å². The van der Waals surface area contributed by atoms with Gasteiger partial charge in [-0.3, -0.25) is 4.79 Å². The molecule has 0 fully saturated rings. The number of aromatic hydroxyl groups is 1. The number of carbonyl (C=O) groups excluding carboxylic acids is 2. The minimum Gasteiger partial charge on any atom is -0.493 e. The third-order valence-electron chi connectivity index (χ3n) is 6.67. The van der Waals surface area contributed by atoms with E-state index in [-0.39, 0.29) is 21.4 Å². The maximum Gasteiger partial charge on any atom is 0.331 e. The second kappa shape index (κ2) is 8.70. The van der Waals surface area contributed by atoms with Crippen molar-refractivity contribution in [1.29, 1.82) is 0 Å². The number of esters is 1. The highest BCUT2D eigenvalue weighted by Crippen LogP contribution is 2.55. The van der Waals surface area contributed by atoms with Crippen LogP contribution in [0.25, 0.3) is 10.9 Å². The van der Waals surface area contributed by atoms with Gasteiger partial charge in [-0.25, -0.2) is 4.79 Å². The molecule has 0 saturated carbocycles. The topological polar surface area (TPSA) is 106 Å². The molecule has 2 aromatic carbocycles. The van der Waals surface area contributed by atoms with Gasteiger partial charge >= 0.3 is 5.97 Å². The lowest BCUT2D eigenvalue weighted by Gasteiger charge is -2.45. The maximum absolute atomic E-state index is 12.1. The number of hydrogen-bond donors (Lipinski definition) is 1. The lowest BCUT2D eigenvalue weighted by Crippen LogP contribution is -2.41. The summed E-state index contributed by atoms with van der Waals surface area (Å²) < 4.78 is 7.34. The first-order valence-electron chi connectivity index (χ1n) is 11.2. The van der Waals surface area contributed by atoms with Gasteiger partial charge in [0.2, 0.25) is 11.0 Å². The number of nitrogens with zero attached hydrogens (tertiary/aromatic N) is 4. The molecule has 0 bridgehead atoms. The first-order valence-corrected chi connectivity index (χ1v) is 12.8. The van der Waals surface area contributed by atoms with Gasteiger partial charge in [-0.1, -0.05) is 53.2 Å². The zero-order valence-electron chi connectivity index (χ0n) is 20.1. The molecule has 3 aromatic rings. The summed E-state index contributed by atoms with van der Waals surface area (Å²) in [5.74, 6) is -1.25. The molecule has 1 atom stereocenters. The summed E-state index contributed by atoms with van der Waals surface area (Å²) in [6.45, 7) is 6.42. The summed E-state index contributed by atoms with van der Waals surface area (Å²) in [6, 6.07) is 14.4. The Morgan fingerprint density at radius 3 is 2.64 bits per heavy atom. The van der Waals surface area contributed by atoms with E-state index in [1.54, 1.807) is 0 Å². The molecule has 0 radical (unpaired) electrons. The van der Waals surface area contributed by atoms with E-state index in [4.69, 9.17) is 0 Å². The molecule has 184 valence electrons. The molecule has 0 saturated heterocycles. The predicted octanol–water partition coefficient (Wildman–Crippen LogP) is 6.32. The quantitative estimate of drug-likeness (QED) is 0.226. The average Bonchev–Trinajstić information content (AvgIpc) is 3.32. The lowest BCUT2D eigenvalue weighted by atomic mass is 9.66. The van der Waals surface area contributed by atoms with Crippen LogP contribution in [0.15, 0.2) is 73.1 Å². The minimum atomic E-state index is -0.653. The number of carbonyl (C=O) groups is 2. The normalized spacial score (nSPS) is 22.0. The van der Waals surface area contributed by atoms with Crippen LogP contribution >= 0.6 is 27.7 Å². The van der Waals surface area contributed by atoms with Crippen LogP contribution < -0.4 is 0 Å². The van der Waals surface area contributed by atoms with Crippen molar-refractivity contribution in [1.82, 2.24) is 4.57 Å². The van der Waals surface area contributed by atoms with Crippen LogP contribution in [0, 0.1) is 0 Å². The minimum absolute atomic E-state index is 0.00605. The molecular weight excluding hydrogens is 544 g/mol. The molecule has 3 heterocycles. The Morgan fingerprint density at radius 1 is 1.22 bits per heavy atom. The van der Waals surface area contributed by atoms with E-state index < -0.39 is 17.4 Å². The molecular formula is C26H23BrN4O4S. The Kier molecular flexibility index (Phi) is 5.91. The molecule has 1 unspecified atom stereocenters.